The van der Waals surface area contributed by atoms with Gasteiger partial charge in [0.2, 0.25) is 11.8 Å². The number of nitrogens with zero attached hydrogens (tertiary/aromatic N) is 1. The van der Waals surface area contributed by atoms with Crippen LogP contribution in [0.2, 0.25) is 0 Å². The summed E-state index contributed by atoms with van der Waals surface area (Å²) >= 11 is 0. The van der Waals surface area contributed by atoms with E-state index in [9.17, 15) is 22.8 Å². The first kappa shape index (κ1) is 26.4. The fraction of sp³-hybridized carbons (Fsp3) is 0.370. The van der Waals surface area contributed by atoms with Gasteiger partial charge in [-0.15, -0.1) is 6.58 Å². The van der Waals surface area contributed by atoms with Crippen molar-refractivity contribution in [3.8, 4) is 0 Å². The van der Waals surface area contributed by atoms with Crippen LogP contribution in [0.1, 0.15) is 31.2 Å². The molecule has 0 spiro atoms. The number of benzene rings is 2. The molecule has 4 atom stereocenters. The highest BCUT2D eigenvalue weighted by Gasteiger charge is 2.61. The Labute approximate surface area is 217 Å². The summed E-state index contributed by atoms with van der Waals surface area (Å²) < 4.78 is 28.3. The molecule has 1 heterocycles. The second-order valence-corrected chi connectivity index (χ2v) is 11.2. The molecular weight excluding hydrogens is 492 g/mol. The van der Waals surface area contributed by atoms with Crippen LogP contribution in [0.4, 0.5) is 5.69 Å². The number of para-hydroxylation sites is 1. The van der Waals surface area contributed by atoms with Gasteiger partial charge in [-0.05, 0) is 36.5 Å². The first-order chi connectivity index (χ1) is 17.6. The summed E-state index contributed by atoms with van der Waals surface area (Å²) in [6.45, 7) is 5.97. The molecule has 2 aromatic rings. The number of carbonyl (C=O) groups excluding carboxylic acids is 3. The molecular formula is C27H32N4O5S. The summed E-state index contributed by atoms with van der Waals surface area (Å²) in [7, 11) is -2.62. The first-order valence-corrected chi connectivity index (χ1v) is 13.7. The summed E-state index contributed by atoms with van der Waals surface area (Å²) in [6, 6.07) is 15.8. The lowest BCUT2D eigenvalue weighted by Gasteiger charge is -2.38. The molecule has 2 fully saturated rings. The van der Waals surface area contributed by atoms with Crippen molar-refractivity contribution in [3.63, 3.8) is 0 Å². The summed E-state index contributed by atoms with van der Waals surface area (Å²) in [4.78, 5) is 40.7. The Morgan fingerprint density at radius 2 is 1.76 bits per heavy atom. The van der Waals surface area contributed by atoms with Crippen LogP contribution in [-0.4, -0.2) is 56.7 Å². The lowest BCUT2D eigenvalue weighted by Crippen LogP contribution is -2.56. The average molecular weight is 525 g/mol. The largest absolute Gasteiger partial charge is 0.387 e. The summed E-state index contributed by atoms with van der Waals surface area (Å²) in [5, 5.41) is 5.67. The van der Waals surface area contributed by atoms with Crippen molar-refractivity contribution in [3.05, 3.63) is 72.8 Å². The number of likely N-dealkylation sites (tertiary alicyclic amines) is 1. The minimum atomic E-state index is -4.21. The van der Waals surface area contributed by atoms with Crippen molar-refractivity contribution in [2.24, 2.45) is 11.8 Å². The third kappa shape index (κ3) is 5.24. The fourth-order valence-corrected chi connectivity index (χ4v) is 6.38. The van der Waals surface area contributed by atoms with Gasteiger partial charge < -0.3 is 15.5 Å². The van der Waals surface area contributed by atoms with E-state index in [-0.39, 0.29) is 29.7 Å². The topological polar surface area (TPSA) is 125 Å². The molecule has 0 radical (unpaired) electrons. The molecule has 1 saturated heterocycles. The van der Waals surface area contributed by atoms with Gasteiger partial charge in [0.1, 0.15) is 10.4 Å². The van der Waals surface area contributed by atoms with Crippen LogP contribution in [0.15, 0.2) is 72.1 Å². The van der Waals surface area contributed by atoms with Crippen LogP contribution in [0.3, 0.4) is 0 Å². The minimum absolute atomic E-state index is 0.0725. The summed E-state index contributed by atoms with van der Waals surface area (Å²) in [5.41, 5.74) is -0.110. The van der Waals surface area contributed by atoms with Crippen LogP contribution in [-0.2, 0) is 24.4 Å². The Kier molecular flexibility index (Phi) is 7.40. The number of hydrogen-bond acceptors (Lipinski definition) is 6. The van der Waals surface area contributed by atoms with E-state index < -0.39 is 39.2 Å². The van der Waals surface area contributed by atoms with Crippen LogP contribution in [0.25, 0.3) is 0 Å². The monoisotopic (exact) mass is 524 g/mol. The molecule has 1 saturated carbocycles. The van der Waals surface area contributed by atoms with Gasteiger partial charge in [0.25, 0.3) is 15.9 Å². The summed E-state index contributed by atoms with van der Waals surface area (Å²) in [6.07, 6.45) is 2.38. The smallest absolute Gasteiger partial charge is 0.266 e. The SMILES string of the molecule is C=C[C@@H]1C[C@]1(NC(=O)[C@@H]1CN(C(C)=O)CC[C@H]1c1ccccc1)C(=O)NS(=O)(=O)c1ccccc1NC. The van der Waals surface area contributed by atoms with E-state index in [2.05, 4.69) is 21.9 Å². The van der Waals surface area contributed by atoms with Gasteiger partial charge in [0, 0.05) is 33.0 Å². The van der Waals surface area contributed by atoms with Crippen LogP contribution in [0.5, 0.6) is 0 Å². The Morgan fingerprint density at radius 1 is 1.08 bits per heavy atom. The van der Waals surface area contributed by atoms with E-state index in [0.717, 1.165) is 5.56 Å². The molecule has 3 N–H and O–H groups in total. The Balaban J connectivity index is 1.59. The van der Waals surface area contributed by atoms with Gasteiger partial charge in [0.05, 0.1) is 11.6 Å². The van der Waals surface area contributed by atoms with E-state index in [4.69, 9.17) is 0 Å². The number of sulfonamides is 1. The molecule has 1 aliphatic carbocycles. The van der Waals surface area contributed by atoms with E-state index in [0.29, 0.717) is 18.7 Å². The first-order valence-electron chi connectivity index (χ1n) is 12.2. The maximum atomic E-state index is 13.7. The zero-order chi connectivity index (χ0) is 26.8. The second-order valence-electron chi connectivity index (χ2n) is 9.57. The summed E-state index contributed by atoms with van der Waals surface area (Å²) in [5.74, 6) is -2.50. The molecule has 10 heteroatoms. The molecule has 9 nitrogen and oxygen atoms in total. The molecule has 37 heavy (non-hydrogen) atoms. The molecule has 4 rings (SSSR count). The number of piperidine rings is 1. The molecule has 3 amide bonds. The Hall–Kier alpha value is -3.66. The normalized spacial score (nSPS) is 25.0. The molecule has 2 aliphatic rings. The lowest BCUT2D eigenvalue weighted by molar-refractivity contribution is -0.137. The van der Waals surface area contributed by atoms with E-state index >= 15 is 0 Å². The highest BCUT2D eigenvalue weighted by molar-refractivity contribution is 7.90. The van der Waals surface area contributed by atoms with Gasteiger partial charge >= 0.3 is 0 Å². The molecule has 0 aromatic heterocycles. The number of rotatable bonds is 8. The Morgan fingerprint density at radius 3 is 2.38 bits per heavy atom. The van der Waals surface area contributed by atoms with Gasteiger partial charge in [-0.2, -0.15) is 0 Å². The predicted octanol–water partition coefficient (Wildman–Crippen LogP) is 2.25. The van der Waals surface area contributed by atoms with Crippen LogP contribution in [0, 0.1) is 11.8 Å². The van der Waals surface area contributed by atoms with Crippen molar-refractivity contribution in [2.45, 2.75) is 36.1 Å². The molecule has 2 aromatic carbocycles. The number of anilines is 1. The standard InChI is InChI=1S/C27H32N4O5S/c1-4-20-16-27(20,26(34)30-37(35,36)24-13-9-8-12-23(24)28-3)29-25(33)22-17-31(18(2)32)15-14-21(22)19-10-6-5-7-11-19/h4-13,20-22,28H,1,14-17H2,2-3H3,(H,29,33)(H,30,34)/t20-,21+,22-,27-/m1/s1. The number of amides is 3. The van der Waals surface area contributed by atoms with Crippen molar-refractivity contribution < 1.29 is 22.8 Å². The van der Waals surface area contributed by atoms with Gasteiger partial charge in [-0.1, -0.05) is 48.5 Å². The Bertz CT molecular complexity index is 1310. The number of nitrogens with one attached hydrogen (secondary N) is 3. The molecule has 196 valence electrons. The van der Waals surface area contributed by atoms with Crippen LogP contribution >= 0.6 is 0 Å². The zero-order valence-corrected chi connectivity index (χ0v) is 21.8. The third-order valence-corrected chi connectivity index (χ3v) is 8.74. The highest BCUT2D eigenvalue weighted by atomic mass is 32.2. The second kappa shape index (κ2) is 10.4. The van der Waals surface area contributed by atoms with Crippen LogP contribution < -0.4 is 15.4 Å². The predicted molar refractivity (Wildman–Crippen MR) is 140 cm³/mol. The quantitative estimate of drug-likeness (QED) is 0.455. The van der Waals surface area contributed by atoms with E-state index in [1.807, 2.05) is 30.3 Å². The van der Waals surface area contributed by atoms with E-state index in [1.165, 1.54) is 13.0 Å². The zero-order valence-electron chi connectivity index (χ0n) is 20.9. The highest BCUT2D eigenvalue weighted by Crippen LogP contribution is 2.46. The molecule has 0 unspecified atom stereocenters. The lowest BCUT2D eigenvalue weighted by atomic mass is 9.79. The van der Waals surface area contributed by atoms with Gasteiger partial charge in [-0.3, -0.25) is 14.4 Å². The molecule has 0 bridgehead atoms. The minimum Gasteiger partial charge on any atom is -0.387 e. The number of carbonyl (C=O) groups is 3. The van der Waals surface area contributed by atoms with Crippen molar-refractivity contribution in [1.29, 1.82) is 0 Å². The average Bonchev–Trinajstić information content (AvgIpc) is 3.62. The van der Waals surface area contributed by atoms with Crippen molar-refractivity contribution in [2.75, 3.05) is 25.5 Å². The van der Waals surface area contributed by atoms with Crippen molar-refractivity contribution >= 4 is 33.4 Å². The maximum Gasteiger partial charge on any atom is 0.266 e. The van der Waals surface area contributed by atoms with Gasteiger partial charge in [0.15, 0.2) is 0 Å². The molecule has 1 aliphatic heterocycles. The number of hydrogen-bond donors (Lipinski definition) is 3. The van der Waals surface area contributed by atoms with E-state index in [1.54, 1.807) is 36.2 Å². The van der Waals surface area contributed by atoms with Crippen molar-refractivity contribution in [1.82, 2.24) is 14.9 Å². The van der Waals surface area contributed by atoms with Gasteiger partial charge in [-0.25, -0.2) is 13.1 Å². The third-order valence-electron chi connectivity index (χ3n) is 7.35. The maximum absolute atomic E-state index is 13.7. The fourth-order valence-electron chi connectivity index (χ4n) is 5.13.